The molecule has 33 heavy (non-hydrogen) atoms. The third-order valence-electron chi connectivity index (χ3n) is 5.87. The molecule has 9 heteroatoms. The van der Waals surface area contributed by atoms with E-state index in [1.807, 2.05) is 23.1 Å². The summed E-state index contributed by atoms with van der Waals surface area (Å²) < 4.78 is 22.3. The fourth-order valence-electron chi connectivity index (χ4n) is 4.02. The minimum absolute atomic E-state index is 0.198. The first-order valence-corrected chi connectivity index (χ1v) is 10.9. The van der Waals surface area contributed by atoms with Crippen molar-refractivity contribution >= 4 is 28.3 Å². The van der Waals surface area contributed by atoms with E-state index < -0.39 is 5.82 Å². The van der Waals surface area contributed by atoms with Gasteiger partial charge in [-0.15, -0.1) is 0 Å². The van der Waals surface area contributed by atoms with Gasteiger partial charge in [0.2, 0.25) is 0 Å². The van der Waals surface area contributed by atoms with Crippen LogP contribution in [0.1, 0.15) is 17.6 Å². The number of rotatable bonds is 3. The molecule has 4 heterocycles. The molecule has 1 aromatic carbocycles. The zero-order chi connectivity index (χ0) is 23.1. The molecular weight excluding hydrogens is 445 g/mol. The predicted octanol–water partition coefficient (Wildman–Crippen LogP) is 4.07. The molecule has 3 aromatic heterocycles. The van der Waals surface area contributed by atoms with Gasteiger partial charge in [0.1, 0.15) is 23.6 Å². The number of ether oxygens (including phenoxy) is 1. The smallest absolute Gasteiger partial charge is 0.263 e. The highest BCUT2D eigenvalue weighted by atomic mass is 35.5. The van der Waals surface area contributed by atoms with E-state index in [-0.39, 0.29) is 33.3 Å². The first-order valence-electron chi connectivity index (χ1n) is 10.5. The molecule has 1 saturated heterocycles. The molecular formula is C24H21ClFN5O2. The number of halogens is 2. The third-order valence-corrected chi connectivity index (χ3v) is 6.10. The van der Waals surface area contributed by atoms with Gasteiger partial charge in [-0.05, 0) is 37.3 Å². The average Bonchev–Trinajstić information content (AvgIpc) is 2.82. The van der Waals surface area contributed by atoms with Crippen molar-refractivity contribution in [2.45, 2.75) is 13.0 Å². The first kappa shape index (κ1) is 21.5. The minimum Gasteiger partial charge on any atom is -0.368 e. The summed E-state index contributed by atoms with van der Waals surface area (Å²) in [6.45, 7) is 3.35. The minimum atomic E-state index is -0.551. The molecule has 0 saturated carbocycles. The number of hydrogen-bond donors (Lipinski definition) is 0. The van der Waals surface area contributed by atoms with Crippen molar-refractivity contribution in [1.29, 1.82) is 0 Å². The molecule has 7 nitrogen and oxygen atoms in total. The van der Waals surface area contributed by atoms with Crippen molar-refractivity contribution in [3.05, 3.63) is 81.4 Å². The molecule has 1 unspecified atom stereocenters. The molecule has 1 aliphatic heterocycles. The molecule has 0 amide bonds. The second kappa shape index (κ2) is 8.53. The molecule has 0 bridgehead atoms. The number of aromatic nitrogens is 4. The highest BCUT2D eigenvalue weighted by Gasteiger charge is 2.26. The molecule has 0 spiro atoms. The fourth-order valence-corrected chi connectivity index (χ4v) is 4.18. The number of anilines is 1. The summed E-state index contributed by atoms with van der Waals surface area (Å²) in [7, 11) is 1.64. The van der Waals surface area contributed by atoms with Gasteiger partial charge in [0.25, 0.3) is 5.56 Å². The maximum Gasteiger partial charge on any atom is 0.263 e. The lowest BCUT2D eigenvalue weighted by atomic mass is 10.1. The van der Waals surface area contributed by atoms with Crippen LogP contribution < -0.4 is 10.5 Å². The van der Waals surface area contributed by atoms with Gasteiger partial charge in [-0.2, -0.15) is 0 Å². The van der Waals surface area contributed by atoms with Crippen LogP contribution in [-0.4, -0.2) is 39.2 Å². The predicted molar refractivity (Wildman–Crippen MR) is 125 cm³/mol. The van der Waals surface area contributed by atoms with Crippen LogP contribution >= 0.6 is 11.6 Å². The van der Waals surface area contributed by atoms with Crippen LogP contribution in [0.4, 0.5) is 10.2 Å². The normalized spacial score (nSPS) is 16.4. The Balaban J connectivity index is 1.67. The van der Waals surface area contributed by atoms with Gasteiger partial charge in [-0.25, -0.2) is 14.4 Å². The average molecular weight is 466 g/mol. The molecule has 5 rings (SSSR count). The third kappa shape index (κ3) is 3.96. The van der Waals surface area contributed by atoms with Crippen molar-refractivity contribution in [2.75, 3.05) is 24.6 Å². The maximum atomic E-state index is 14.9. The molecule has 0 radical (unpaired) electrons. The van der Waals surface area contributed by atoms with Crippen LogP contribution in [0.3, 0.4) is 0 Å². The van der Waals surface area contributed by atoms with Gasteiger partial charge in [0, 0.05) is 36.4 Å². The summed E-state index contributed by atoms with van der Waals surface area (Å²) in [6, 6.07) is 11.8. The molecule has 0 N–H and O–H groups in total. The molecule has 1 atom stereocenters. The highest BCUT2D eigenvalue weighted by Crippen LogP contribution is 2.32. The van der Waals surface area contributed by atoms with Crippen molar-refractivity contribution in [3.8, 4) is 11.3 Å². The molecule has 168 valence electrons. The number of aryl methyl sites for hydroxylation is 1. The van der Waals surface area contributed by atoms with E-state index in [0.29, 0.717) is 36.9 Å². The van der Waals surface area contributed by atoms with Crippen LogP contribution in [0, 0.1) is 12.7 Å². The number of morpholine rings is 1. The summed E-state index contributed by atoms with van der Waals surface area (Å²) in [6.07, 6.45) is 1.50. The SMILES string of the molecule is Cc1nc2cc(N3CCOC(c4ccccn4)C3)nc(-c3ccc(Cl)cc3F)c2c(=O)n1C. The summed E-state index contributed by atoms with van der Waals surface area (Å²) in [5.41, 5.74) is 1.45. The van der Waals surface area contributed by atoms with Crippen molar-refractivity contribution in [2.24, 2.45) is 7.05 Å². The summed E-state index contributed by atoms with van der Waals surface area (Å²) in [5, 5.41) is 0.535. The quantitative estimate of drug-likeness (QED) is 0.454. The van der Waals surface area contributed by atoms with Gasteiger partial charge in [-0.3, -0.25) is 14.3 Å². The lowest BCUT2D eigenvalue weighted by Gasteiger charge is -2.33. The van der Waals surface area contributed by atoms with Gasteiger partial charge in [0.05, 0.1) is 35.4 Å². The fraction of sp³-hybridized carbons (Fsp3) is 0.250. The Hall–Kier alpha value is -3.36. The second-order valence-corrected chi connectivity index (χ2v) is 8.37. The van der Waals surface area contributed by atoms with E-state index >= 15 is 0 Å². The second-order valence-electron chi connectivity index (χ2n) is 7.93. The van der Waals surface area contributed by atoms with Crippen LogP contribution in [0.25, 0.3) is 22.2 Å². The Labute approximate surface area is 194 Å². The topological polar surface area (TPSA) is 73.1 Å². The molecule has 1 aliphatic rings. The molecule has 4 aromatic rings. The van der Waals surface area contributed by atoms with Gasteiger partial charge in [0.15, 0.2) is 0 Å². The summed E-state index contributed by atoms with van der Waals surface area (Å²) >= 11 is 5.96. The van der Waals surface area contributed by atoms with E-state index in [9.17, 15) is 9.18 Å². The Morgan fingerprint density at radius 3 is 2.79 bits per heavy atom. The van der Waals surface area contributed by atoms with E-state index in [1.165, 1.54) is 10.6 Å². The number of fused-ring (bicyclic) bond motifs is 1. The number of benzene rings is 1. The number of pyridine rings is 2. The van der Waals surface area contributed by atoms with Crippen LogP contribution in [0.15, 0.2) is 53.5 Å². The molecule has 1 fully saturated rings. The lowest BCUT2D eigenvalue weighted by molar-refractivity contribution is 0.0368. The standard InChI is InChI=1S/C24H21ClFN5O2/c1-14-28-19-12-21(31-9-10-33-20(13-31)18-5-3-4-8-27-18)29-23(22(19)24(32)30(14)2)16-7-6-15(25)11-17(16)26/h3-8,11-12,20H,9-10,13H2,1-2H3. The summed E-state index contributed by atoms with van der Waals surface area (Å²) in [5.74, 6) is 0.598. The van der Waals surface area contributed by atoms with E-state index in [0.717, 1.165) is 5.69 Å². The van der Waals surface area contributed by atoms with Crippen molar-refractivity contribution in [1.82, 2.24) is 19.5 Å². The van der Waals surface area contributed by atoms with Crippen LogP contribution in [0.2, 0.25) is 5.02 Å². The van der Waals surface area contributed by atoms with Crippen molar-refractivity contribution < 1.29 is 9.13 Å². The monoisotopic (exact) mass is 465 g/mol. The largest absolute Gasteiger partial charge is 0.368 e. The highest BCUT2D eigenvalue weighted by molar-refractivity contribution is 6.30. The van der Waals surface area contributed by atoms with E-state index in [1.54, 1.807) is 38.4 Å². The number of nitrogens with zero attached hydrogens (tertiary/aromatic N) is 5. The van der Waals surface area contributed by atoms with E-state index in [2.05, 4.69) is 9.97 Å². The zero-order valence-electron chi connectivity index (χ0n) is 18.1. The first-order chi connectivity index (χ1) is 15.9. The molecule has 0 aliphatic carbocycles. The summed E-state index contributed by atoms with van der Waals surface area (Å²) in [4.78, 5) is 29.0. The van der Waals surface area contributed by atoms with Crippen LogP contribution in [0.5, 0.6) is 0 Å². The Morgan fingerprint density at radius 2 is 2.03 bits per heavy atom. The Morgan fingerprint density at radius 1 is 1.18 bits per heavy atom. The van der Waals surface area contributed by atoms with Crippen molar-refractivity contribution in [3.63, 3.8) is 0 Å². The zero-order valence-corrected chi connectivity index (χ0v) is 18.9. The Bertz CT molecular complexity index is 1410. The lowest BCUT2D eigenvalue weighted by Crippen LogP contribution is -2.39. The van der Waals surface area contributed by atoms with E-state index in [4.69, 9.17) is 21.3 Å². The van der Waals surface area contributed by atoms with Gasteiger partial charge in [-0.1, -0.05) is 17.7 Å². The Kier molecular flexibility index (Phi) is 5.55. The van der Waals surface area contributed by atoms with Gasteiger partial charge < -0.3 is 9.64 Å². The maximum absolute atomic E-state index is 14.9. The van der Waals surface area contributed by atoms with Gasteiger partial charge >= 0.3 is 0 Å². The van der Waals surface area contributed by atoms with Crippen LogP contribution in [-0.2, 0) is 11.8 Å². The number of hydrogen-bond acceptors (Lipinski definition) is 6.